The second kappa shape index (κ2) is 4.19. The summed E-state index contributed by atoms with van der Waals surface area (Å²) in [5.74, 6) is -0.786. The largest absolute Gasteiger partial charge is 0.480 e. The van der Waals surface area contributed by atoms with Crippen LogP contribution >= 0.6 is 0 Å². The monoisotopic (exact) mass is 221 g/mol. The molecule has 1 aromatic carbocycles. The number of aromatic nitrogens is 2. The van der Waals surface area contributed by atoms with Gasteiger partial charge in [0.25, 0.3) is 0 Å². The summed E-state index contributed by atoms with van der Waals surface area (Å²) in [7, 11) is 0. The summed E-state index contributed by atoms with van der Waals surface area (Å²) in [4.78, 5) is 17.7. The van der Waals surface area contributed by atoms with Crippen molar-refractivity contribution in [3.05, 3.63) is 24.3 Å². The molecule has 6 heteroatoms. The zero-order chi connectivity index (χ0) is 11.5. The van der Waals surface area contributed by atoms with E-state index in [-0.39, 0.29) is 0 Å². The summed E-state index contributed by atoms with van der Waals surface area (Å²) in [5, 5.41) is 20.2. The van der Waals surface area contributed by atoms with Crippen LogP contribution in [0.3, 0.4) is 0 Å². The number of hydrogen-bond donors (Lipinski definition) is 4. The molecule has 4 N–H and O–H groups in total. The number of hydrogen-bond acceptors (Lipinski definition) is 4. The van der Waals surface area contributed by atoms with Crippen LogP contribution in [0.2, 0.25) is 0 Å². The molecule has 0 aliphatic rings. The Labute approximate surface area is 90.9 Å². The fourth-order valence-electron chi connectivity index (χ4n) is 1.37. The third-order valence-corrected chi connectivity index (χ3v) is 2.18. The molecule has 0 saturated heterocycles. The lowest BCUT2D eigenvalue weighted by molar-refractivity contribution is -0.138. The molecule has 16 heavy (non-hydrogen) atoms. The number of rotatable bonds is 4. The predicted molar refractivity (Wildman–Crippen MR) is 58.2 cm³/mol. The van der Waals surface area contributed by atoms with E-state index >= 15 is 0 Å². The van der Waals surface area contributed by atoms with E-state index in [1.165, 1.54) is 0 Å². The molecule has 1 heterocycles. The molecule has 0 saturated carbocycles. The standard InChI is InChI=1S/C10H11N3O3/c14-5-8(9(15)16)13-10-11-6-3-1-2-4-7(6)12-10/h1-4,8,14H,5H2,(H,15,16)(H2,11,12,13)/t8-/m0/s1. The van der Waals surface area contributed by atoms with Gasteiger partial charge in [-0.15, -0.1) is 0 Å². The third-order valence-electron chi connectivity index (χ3n) is 2.18. The van der Waals surface area contributed by atoms with Gasteiger partial charge in [0.15, 0.2) is 0 Å². The lowest BCUT2D eigenvalue weighted by Crippen LogP contribution is -2.33. The molecule has 0 radical (unpaired) electrons. The van der Waals surface area contributed by atoms with E-state index in [9.17, 15) is 4.79 Å². The lowest BCUT2D eigenvalue weighted by Gasteiger charge is -2.09. The van der Waals surface area contributed by atoms with E-state index in [0.29, 0.717) is 5.95 Å². The Hall–Kier alpha value is -2.08. The number of nitrogens with zero attached hydrogens (tertiary/aromatic N) is 1. The van der Waals surface area contributed by atoms with Gasteiger partial charge in [-0.05, 0) is 12.1 Å². The van der Waals surface area contributed by atoms with E-state index < -0.39 is 18.6 Å². The van der Waals surface area contributed by atoms with Gasteiger partial charge in [-0.25, -0.2) is 9.78 Å². The number of nitrogens with one attached hydrogen (secondary N) is 2. The molecular weight excluding hydrogens is 210 g/mol. The van der Waals surface area contributed by atoms with Crippen LogP contribution in [-0.2, 0) is 4.79 Å². The number of H-pyrrole nitrogens is 1. The summed E-state index contributed by atoms with van der Waals surface area (Å²) in [6.45, 7) is -0.494. The number of benzene rings is 1. The highest BCUT2D eigenvalue weighted by Crippen LogP contribution is 2.13. The molecule has 0 aliphatic heterocycles. The fourth-order valence-corrected chi connectivity index (χ4v) is 1.37. The average molecular weight is 221 g/mol. The molecule has 2 aromatic rings. The number of carbonyl (C=O) groups is 1. The lowest BCUT2D eigenvalue weighted by atomic mass is 10.3. The number of aliphatic carboxylic acids is 1. The Kier molecular flexibility index (Phi) is 2.74. The normalized spacial score (nSPS) is 12.6. The summed E-state index contributed by atoms with van der Waals surface area (Å²) >= 11 is 0. The van der Waals surface area contributed by atoms with E-state index in [4.69, 9.17) is 10.2 Å². The summed E-state index contributed by atoms with van der Waals surface area (Å²) in [6.07, 6.45) is 0. The van der Waals surface area contributed by atoms with Gasteiger partial charge < -0.3 is 20.5 Å². The second-order valence-electron chi connectivity index (χ2n) is 3.32. The van der Waals surface area contributed by atoms with Gasteiger partial charge in [0.2, 0.25) is 5.95 Å². The van der Waals surface area contributed by atoms with E-state index in [0.717, 1.165) is 11.0 Å². The highest BCUT2D eigenvalue weighted by molar-refractivity contribution is 5.80. The number of anilines is 1. The molecule has 0 spiro atoms. The van der Waals surface area contributed by atoms with E-state index in [1.54, 1.807) is 0 Å². The molecule has 1 atom stereocenters. The van der Waals surface area contributed by atoms with E-state index in [1.807, 2.05) is 24.3 Å². The Balaban J connectivity index is 2.24. The minimum absolute atomic E-state index is 0.336. The van der Waals surface area contributed by atoms with Crippen molar-refractivity contribution in [1.82, 2.24) is 9.97 Å². The van der Waals surface area contributed by atoms with Crippen LogP contribution in [0.4, 0.5) is 5.95 Å². The first kappa shape index (κ1) is 10.4. The van der Waals surface area contributed by atoms with Gasteiger partial charge in [0, 0.05) is 0 Å². The number of imidazole rings is 1. The van der Waals surface area contributed by atoms with Crippen LogP contribution < -0.4 is 5.32 Å². The van der Waals surface area contributed by atoms with Crippen LogP contribution in [0.5, 0.6) is 0 Å². The van der Waals surface area contributed by atoms with Gasteiger partial charge in [-0.2, -0.15) is 0 Å². The first-order chi connectivity index (χ1) is 7.70. The molecule has 0 unspecified atom stereocenters. The molecule has 0 amide bonds. The SMILES string of the molecule is O=C(O)[C@H](CO)Nc1nc2ccccc2[nH]1. The number of fused-ring (bicyclic) bond motifs is 1. The molecule has 0 bridgehead atoms. The Bertz CT molecular complexity index is 476. The number of aliphatic hydroxyl groups is 1. The zero-order valence-corrected chi connectivity index (χ0v) is 8.34. The van der Waals surface area contributed by atoms with Crippen molar-refractivity contribution in [3.8, 4) is 0 Å². The summed E-state index contributed by atoms with van der Waals surface area (Å²) in [6, 6.07) is 6.28. The molecule has 2 rings (SSSR count). The number of aliphatic hydroxyl groups excluding tert-OH is 1. The quantitative estimate of drug-likeness (QED) is 0.599. The van der Waals surface area contributed by atoms with Crippen LogP contribution in [0.15, 0.2) is 24.3 Å². The molecule has 1 aromatic heterocycles. The Morgan fingerprint density at radius 1 is 1.50 bits per heavy atom. The maximum Gasteiger partial charge on any atom is 0.328 e. The first-order valence-electron chi connectivity index (χ1n) is 4.75. The van der Waals surface area contributed by atoms with Crippen LogP contribution in [0.1, 0.15) is 0 Å². The van der Waals surface area contributed by atoms with Crippen molar-refractivity contribution in [1.29, 1.82) is 0 Å². The molecule has 6 nitrogen and oxygen atoms in total. The molecular formula is C10H11N3O3. The predicted octanol–water partition coefficient (Wildman–Crippen LogP) is 0.420. The number of carboxylic acid groups (broad SMARTS) is 1. The van der Waals surface area contributed by atoms with Crippen molar-refractivity contribution in [2.45, 2.75) is 6.04 Å². The maximum atomic E-state index is 10.7. The summed E-state index contributed by atoms with van der Waals surface area (Å²) in [5.41, 5.74) is 1.55. The summed E-state index contributed by atoms with van der Waals surface area (Å²) < 4.78 is 0. The van der Waals surface area contributed by atoms with Gasteiger partial charge in [-0.3, -0.25) is 0 Å². The average Bonchev–Trinajstić information content (AvgIpc) is 2.67. The van der Waals surface area contributed by atoms with Crippen LogP contribution in [-0.4, -0.2) is 38.8 Å². The van der Waals surface area contributed by atoms with Gasteiger partial charge in [-0.1, -0.05) is 12.1 Å². The maximum absolute atomic E-state index is 10.7. The zero-order valence-electron chi connectivity index (χ0n) is 8.34. The van der Waals surface area contributed by atoms with Crippen molar-refractivity contribution >= 4 is 23.0 Å². The smallest absolute Gasteiger partial charge is 0.328 e. The third kappa shape index (κ3) is 1.96. The topological polar surface area (TPSA) is 98.2 Å². The van der Waals surface area contributed by atoms with Gasteiger partial charge in [0.05, 0.1) is 17.6 Å². The highest BCUT2D eigenvalue weighted by atomic mass is 16.4. The van der Waals surface area contributed by atoms with Gasteiger partial charge >= 0.3 is 5.97 Å². The van der Waals surface area contributed by atoms with Crippen molar-refractivity contribution in [3.63, 3.8) is 0 Å². The minimum atomic E-state index is -1.12. The van der Waals surface area contributed by atoms with E-state index in [2.05, 4.69) is 15.3 Å². The fraction of sp³-hybridized carbons (Fsp3) is 0.200. The molecule has 0 fully saturated rings. The Morgan fingerprint density at radius 2 is 2.25 bits per heavy atom. The Morgan fingerprint density at radius 3 is 2.88 bits per heavy atom. The molecule has 0 aliphatic carbocycles. The van der Waals surface area contributed by atoms with Crippen molar-refractivity contribution in [2.24, 2.45) is 0 Å². The molecule has 84 valence electrons. The van der Waals surface area contributed by atoms with Gasteiger partial charge in [0.1, 0.15) is 6.04 Å². The number of aromatic amines is 1. The number of para-hydroxylation sites is 2. The minimum Gasteiger partial charge on any atom is -0.480 e. The first-order valence-corrected chi connectivity index (χ1v) is 4.75. The van der Waals surface area contributed by atoms with Crippen molar-refractivity contribution < 1.29 is 15.0 Å². The number of carboxylic acids is 1. The van der Waals surface area contributed by atoms with Crippen LogP contribution in [0.25, 0.3) is 11.0 Å². The van der Waals surface area contributed by atoms with Crippen LogP contribution in [0, 0.1) is 0 Å². The highest BCUT2D eigenvalue weighted by Gasteiger charge is 2.17. The van der Waals surface area contributed by atoms with Crippen molar-refractivity contribution in [2.75, 3.05) is 11.9 Å². The second-order valence-corrected chi connectivity index (χ2v) is 3.32.